The van der Waals surface area contributed by atoms with Crippen molar-refractivity contribution in [2.75, 3.05) is 25.6 Å². The number of benzene rings is 1. The molecule has 0 bridgehead atoms. The molecule has 0 N–H and O–H groups in total. The summed E-state index contributed by atoms with van der Waals surface area (Å²) in [7, 11) is 3.94. The van der Waals surface area contributed by atoms with E-state index in [1.807, 2.05) is 66.8 Å². The summed E-state index contributed by atoms with van der Waals surface area (Å²) in [5, 5.41) is 1.97. The smallest absolute Gasteiger partial charge is 0.338 e. The molecule has 160 valence electrons. The van der Waals surface area contributed by atoms with E-state index in [4.69, 9.17) is 4.74 Å². The second-order valence-corrected chi connectivity index (χ2v) is 9.29. The lowest BCUT2D eigenvalue weighted by Gasteiger charge is -2.25. The van der Waals surface area contributed by atoms with Gasteiger partial charge in [-0.05, 0) is 49.1 Å². The van der Waals surface area contributed by atoms with Gasteiger partial charge in [-0.25, -0.2) is 9.79 Å². The van der Waals surface area contributed by atoms with Crippen LogP contribution in [-0.2, 0) is 9.53 Å². The number of anilines is 1. The highest BCUT2D eigenvalue weighted by atomic mass is 32.1. The summed E-state index contributed by atoms with van der Waals surface area (Å²) in [4.78, 5) is 34.5. The third-order valence-corrected chi connectivity index (χ3v) is 6.86. The molecule has 2 aromatic heterocycles. The Labute approximate surface area is 188 Å². The summed E-state index contributed by atoms with van der Waals surface area (Å²) in [6.07, 6.45) is 1.88. The standard InChI is InChI=1S/C23H23N3O3S2/c1-5-29-22(28)19-14(2)24-23-26(20(19)15-8-10-16(11-9-15)25(3)4)21(27)18(31-23)13-17-7-6-12-30-17/h6-13,20H,5H2,1-4H3/b18-13-/t20-/m0/s1. The Hall–Kier alpha value is -2.97. The fourth-order valence-corrected chi connectivity index (χ4v) is 5.33. The molecule has 3 aromatic rings. The van der Waals surface area contributed by atoms with Crippen molar-refractivity contribution in [3.8, 4) is 0 Å². The van der Waals surface area contributed by atoms with Gasteiger partial charge in [0.2, 0.25) is 0 Å². The highest BCUT2D eigenvalue weighted by Gasteiger charge is 2.33. The molecular weight excluding hydrogens is 430 g/mol. The third kappa shape index (κ3) is 4.00. The quantitative estimate of drug-likeness (QED) is 0.558. The minimum Gasteiger partial charge on any atom is -0.463 e. The number of hydrogen-bond acceptors (Lipinski definition) is 7. The molecular formula is C23H23N3O3S2. The van der Waals surface area contributed by atoms with Gasteiger partial charge in [0.15, 0.2) is 4.80 Å². The van der Waals surface area contributed by atoms with Crippen molar-refractivity contribution in [2.45, 2.75) is 19.9 Å². The number of esters is 1. The van der Waals surface area contributed by atoms with E-state index in [1.165, 1.54) is 11.3 Å². The lowest BCUT2D eigenvalue weighted by atomic mass is 9.95. The van der Waals surface area contributed by atoms with Gasteiger partial charge in [0.05, 0.1) is 28.5 Å². The first-order valence-corrected chi connectivity index (χ1v) is 11.6. The van der Waals surface area contributed by atoms with Crippen LogP contribution in [0.2, 0.25) is 0 Å². The summed E-state index contributed by atoms with van der Waals surface area (Å²) in [5.74, 6) is -0.446. The van der Waals surface area contributed by atoms with Crippen molar-refractivity contribution < 1.29 is 9.53 Å². The number of carbonyl (C=O) groups excluding carboxylic acids is 1. The first kappa shape index (κ1) is 21.3. The van der Waals surface area contributed by atoms with Gasteiger partial charge in [-0.15, -0.1) is 11.3 Å². The zero-order valence-electron chi connectivity index (χ0n) is 17.8. The fourth-order valence-electron chi connectivity index (χ4n) is 3.56. The van der Waals surface area contributed by atoms with E-state index in [2.05, 4.69) is 4.99 Å². The van der Waals surface area contributed by atoms with Crippen molar-refractivity contribution in [1.29, 1.82) is 0 Å². The molecule has 1 aromatic carbocycles. The molecule has 3 heterocycles. The number of thiophene rings is 1. The van der Waals surface area contributed by atoms with Gasteiger partial charge < -0.3 is 9.64 Å². The number of hydrogen-bond donors (Lipinski definition) is 0. The van der Waals surface area contributed by atoms with E-state index >= 15 is 0 Å². The number of allylic oxidation sites excluding steroid dienone is 1. The average Bonchev–Trinajstić information content (AvgIpc) is 3.35. The topological polar surface area (TPSA) is 63.9 Å². The Kier molecular flexibility index (Phi) is 5.93. The molecule has 6 nitrogen and oxygen atoms in total. The van der Waals surface area contributed by atoms with Crippen molar-refractivity contribution in [1.82, 2.24) is 4.57 Å². The summed E-state index contributed by atoms with van der Waals surface area (Å²) >= 11 is 2.91. The summed E-state index contributed by atoms with van der Waals surface area (Å²) in [5.41, 5.74) is 2.69. The maximum absolute atomic E-state index is 13.4. The van der Waals surface area contributed by atoms with Crippen LogP contribution in [0.15, 0.2) is 62.8 Å². The second kappa shape index (κ2) is 8.64. The SMILES string of the molecule is CCOC(=O)C1=C(C)N=c2s/c(=C\c3cccs3)c(=O)n2[C@H]1c1ccc(N(C)C)cc1. The number of aromatic nitrogens is 1. The van der Waals surface area contributed by atoms with Crippen LogP contribution in [0, 0.1) is 0 Å². The Bertz CT molecular complexity index is 1310. The number of ether oxygens (including phenoxy) is 1. The van der Waals surface area contributed by atoms with E-state index in [-0.39, 0.29) is 12.2 Å². The molecule has 1 atom stereocenters. The normalized spacial score (nSPS) is 16.1. The molecule has 0 saturated heterocycles. The predicted octanol–water partition coefficient (Wildman–Crippen LogP) is 2.93. The van der Waals surface area contributed by atoms with Crippen molar-refractivity contribution in [2.24, 2.45) is 4.99 Å². The fraction of sp³-hybridized carbons (Fsp3) is 0.261. The average molecular weight is 454 g/mol. The number of nitrogens with zero attached hydrogens (tertiary/aromatic N) is 3. The maximum Gasteiger partial charge on any atom is 0.338 e. The van der Waals surface area contributed by atoms with Crippen LogP contribution in [0.1, 0.15) is 30.3 Å². The monoisotopic (exact) mass is 453 g/mol. The second-order valence-electron chi connectivity index (χ2n) is 7.30. The van der Waals surface area contributed by atoms with Crippen molar-refractivity contribution in [3.63, 3.8) is 0 Å². The van der Waals surface area contributed by atoms with Gasteiger partial charge in [-0.2, -0.15) is 0 Å². The highest BCUT2D eigenvalue weighted by molar-refractivity contribution is 7.11. The largest absolute Gasteiger partial charge is 0.463 e. The molecule has 0 spiro atoms. The Balaban J connectivity index is 1.94. The maximum atomic E-state index is 13.4. The van der Waals surface area contributed by atoms with Gasteiger partial charge in [0.25, 0.3) is 5.56 Å². The first-order chi connectivity index (χ1) is 14.9. The Morgan fingerprint density at radius 1 is 1.26 bits per heavy atom. The third-order valence-electron chi connectivity index (χ3n) is 5.06. The van der Waals surface area contributed by atoms with Crippen LogP contribution in [0.25, 0.3) is 6.08 Å². The van der Waals surface area contributed by atoms with Crippen LogP contribution < -0.4 is 19.8 Å². The van der Waals surface area contributed by atoms with Crippen molar-refractivity contribution >= 4 is 40.4 Å². The Morgan fingerprint density at radius 2 is 2.00 bits per heavy atom. The number of fused-ring (bicyclic) bond motifs is 1. The Morgan fingerprint density at radius 3 is 2.61 bits per heavy atom. The molecule has 0 amide bonds. The van der Waals surface area contributed by atoms with E-state index in [9.17, 15) is 9.59 Å². The first-order valence-electron chi connectivity index (χ1n) is 9.91. The van der Waals surface area contributed by atoms with Crippen LogP contribution in [0.4, 0.5) is 5.69 Å². The lowest BCUT2D eigenvalue weighted by molar-refractivity contribution is -0.139. The molecule has 31 heavy (non-hydrogen) atoms. The zero-order valence-corrected chi connectivity index (χ0v) is 19.4. The summed E-state index contributed by atoms with van der Waals surface area (Å²) in [6.45, 7) is 3.82. The van der Waals surface area contributed by atoms with Crippen LogP contribution in [0.5, 0.6) is 0 Å². The highest BCUT2D eigenvalue weighted by Crippen LogP contribution is 2.31. The van der Waals surface area contributed by atoms with E-state index in [0.29, 0.717) is 20.6 Å². The van der Waals surface area contributed by atoms with E-state index in [1.54, 1.807) is 29.8 Å². The van der Waals surface area contributed by atoms with Crippen LogP contribution in [0.3, 0.4) is 0 Å². The number of thiazole rings is 1. The minimum absolute atomic E-state index is 0.159. The van der Waals surface area contributed by atoms with Gasteiger partial charge in [-0.1, -0.05) is 29.5 Å². The van der Waals surface area contributed by atoms with Gasteiger partial charge in [0.1, 0.15) is 0 Å². The van der Waals surface area contributed by atoms with E-state index < -0.39 is 12.0 Å². The predicted molar refractivity (Wildman–Crippen MR) is 125 cm³/mol. The molecule has 0 fully saturated rings. The van der Waals surface area contributed by atoms with Crippen molar-refractivity contribution in [3.05, 3.63) is 83.2 Å². The molecule has 0 aliphatic carbocycles. The lowest BCUT2D eigenvalue weighted by Crippen LogP contribution is -2.39. The van der Waals surface area contributed by atoms with Crippen LogP contribution >= 0.6 is 22.7 Å². The summed E-state index contributed by atoms with van der Waals surface area (Å²) in [6, 6.07) is 11.2. The molecule has 0 saturated carbocycles. The molecule has 1 aliphatic heterocycles. The molecule has 4 rings (SSSR count). The van der Waals surface area contributed by atoms with Gasteiger partial charge >= 0.3 is 5.97 Å². The van der Waals surface area contributed by atoms with Crippen LogP contribution in [-0.4, -0.2) is 31.2 Å². The summed E-state index contributed by atoms with van der Waals surface area (Å²) < 4.78 is 7.54. The van der Waals surface area contributed by atoms with Gasteiger partial charge in [-0.3, -0.25) is 9.36 Å². The molecule has 0 unspecified atom stereocenters. The minimum atomic E-state index is -0.586. The molecule has 0 radical (unpaired) electrons. The van der Waals surface area contributed by atoms with E-state index in [0.717, 1.165) is 16.1 Å². The number of carbonyl (C=O) groups is 1. The molecule has 8 heteroatoms. The zero-order chi connectivity index (χ0) is 22.1. The molecule has 1 aliphatic rings. The van der Waals surface area contributed by atoms with Gasteiger partial charge in [0, 0.05) is 24.7 Å². The number of rotatable bonds is 5.